The topological polar surface area (TPSA) is 69.6 Å². The van der Waals surface area contributed by atoms with Gasteiger partial charge in [0.2, 0.25) is 0 Å². The van der Waals surface area contributed by atoms with E-state index in [0.717, 1.165) is 23.1 Å². The predicted molar refractivity (Wildman–Crippen MR) is 93.5 cm³/mol. The largest absolute Gasteiger partial charge is 0.383 e. The standard InChI is InChI=1S/C18H23N5/c1-11-6-7-12(2)13(8-11)9-14-15-16(19)20-10-21-17(15)23(22-14)18(3,4)5/h6-8,10H,9H2,1-5H3,(H2,19,20,21). The molecule has 0 saturated heterocycles. The van der Waals surface area contributed by atoms with Gasteiger partial charge in [-0.3, -0.25) is 0 Å². The number of nitrogens with two attached hydrogens (primary N) is 1. The number of nitrogens with zero attached hydrogens (tertiary/aromatic N) is 4. The fourth-order valence-electron chi connectivity index (χ4n) is 2.81. The minimum Gasteiger partial charge on any atom is -0.383 e. The van der Waals surface area contributed by atoms with Gasteiger partial charge in [0.1, 0.15) is 12.1 Å². The summed E-state index contributed by atoms with van der Waals surface area (Å²) in [6, 6.07) is 6.48. The van der Waals surface area contributed by atoms with Gasteiger partial charge in [0, 0.05) is 6.42 Å². The van der Waals surface area contributed by atoms with Gasteiger partial charge in [0.15, 0.2) is 5.65 Å². The van der Waals surface area contributed by atoms with Crippen LogP contribution in [0.1, 0.15) is 43.2 Å². The first kappa shape index (κ1) is 15.5. The van der Waals surface area contributed by atoms with Gasteiger partial charge in [0.25, 0.3) is 0 Å². The second-order valence-electron chi connectivity index (χ2n) is 7.09. The first-order valence-corrected chi connectivity index (χ1v) is 7.82. The summed E-state index contributed by atoms with van der Waals surface area (Å²) in [5.41, 5.74) is 11.4. The quantitative estimate of drug-likeness (QED) is 0.788. The Bertz CT molecular complexity index is 871. The Morgan fingerprint density at radius 3 is 2.57 bits per heavy atom. The highest BCUT2D eigenvalue weighted by Gasteiger charge is 2.23. The Morgan fingerprint density at radius 2 is 1.87 bits per heavy atom. The molecule has 0 aliphatic heterocycles. The maximum atomic E-state index is 6.13. The Morgan fingerprint density at radius 1 is 1.13 bits per heavy atom. The molecule has 5 nitrogen and oxygen atoms in total. The number of benzene rings is 1. The molecule has 0 aliphatic carbocycles. The van der Waals surface area contributed by atoms with Gasteiger partial charge < -0.3 is 5.73 Å². The molecule has 0 amide bonds. The highest BCUT2D eigenvalue weighted by atomic mass is 15.3. The van der Waals surface area contributed by atoms with Crippen molar-refractivity contribution in [1.82, 2.24) is 19.7 Å². The molecule has 120 valence electrons. The van der Waals surface area contributed by atoms with Crippen LogP contribution in [0.15, 0.2) is 24.5 Å². The highest BCUT2D eigenvalue weighted by molar-refractivity contribution is 5.88. The third kappa shape index (κ3) is 2.79. The van der Waals surface area contributed by atoms with Gasteiger partial charge in [0.05, 0.1) is 16.6 Å². The number of aryl methyl sites for hydroxylation is 2. The average molecular weight is 309 g/mol. The molecule has 0 spiro atoms. The van der Waals surface area contributed by atoms with Crippen molar-refractivity contribution >= 4 is 16.9 Å². The molecule has 3 aromatic rings. The average Bonchev–Trinajstić information content (AvgIpc) is 2.83. The molecule has 3 rings (SSSR count). The number of anilines is 1. The molecule has 2 heterocycles. The van der Waals surface area contributed by atoms with E-state index in [9.17, 15) is 0 Å². The van der Waals surface area contributed by atoms with E-state index in [-0.39, 0.29) is 5.54 Å². The highest BCUT2D eigenvalue weighted by Crippen LogP contribution is 2.28. The molecular weight excluding hydrogens is 286 g/mol. The summed E-state index contributed by atoms with van der Waals surface area (Å²) in [6.45, 7) is 10.6. The van der Waals surface area contributed by atoms with Crippen molar-refractivity contribution in [2.45, 2.75) is 46.6 Å². The molecule has 0 radical (unpaired) electrons. The Balaban J connectivity index is 2.20. The molecule has 0 atom stereocenters. The van der Waals surface area contributed by atoms with Crippen LogP contribution in [0.2, 0.25) is 0 Å². The number of hydrogen-bond acceptors (Lipinski definition) is 4. The second kappa shape index (κ2) is 5.33. The summed E-state index contributed by atoms with van der Waals surface area (Å²) < 4.78 is 1.95. The van der Waals surface area contributed by atoms with Crippen molar-refractivity contribution in [3.8, 4) is 0 Å². The van der Waals surface area contributed by atoms with Crippen LogP contribution in [0.25, 0.3) is 11.0 Å². The predicted octanol–water partition coefficient (Wildman–Crippen LogP) is 3.37. The van der Waals surface area contributed by atoms with Crippen LogP contribution in [0, 0.1) is 13.8 Å². The first-order valence-electron chi connectivity index (χ1n) is 7.82. The lowest BCUT2D eigenvalue weighted by atomic mass is 10.0. The van der Waals surface area contributed by atoms with Crippen molar-refractivity contribution in [2.75, 3.05) is 5.73 Å². The summed E-state index contributed by atoms with van der Waals surface area (Å²) in [5.74, 6) is 0.491. The Labute approximate surface area is 136 Å². The van der Waals surface area contributed by atoms with E-state index < -0.39 is 0 Å². The lowest BCUT2D eigenvalue weighted by molar-refractivity contribution is 0.363. The fourth-order valence-corrected chi connectivity index (χ4v) is 2.81. The summed E-state index contributed by atoms with van der Waals surface area (Å²) in [6.07, 6.45) is 2.23. The van der Waals surface area contributed by atoms with Gasteiger partial charge in [-0.2, -0.15) is 5.10 Å². The zero-order valence-electron chi connectivity index (χ0n) is 14.4. The molecule has 0 fully saturated rings. The van der Waals surface area contributed by atoms with Gasteiger partial charge in [-0.25, -0.2) is 14.6 Å². The monoisotopic (exact) mass is 309 g/mol. The zero-order chi connectivity index (χ0) is 16.8. The van der Waals surface area contributed by atoms with Crippen LogP contribution in [-0.4, -0.2) is 19.7 Å². The maximum Gasteiger partial charge on any atom is 0.164 e. The third-order valence-corrected chi connectivity index (χ3v) is 4.06. The first-order chi connectivity index (χ1) is 10.8. The normalized spacial score (nSPS) is 12.0. The van der Waals surface area contributed by atoms with Crippen molar-refractivity contribution in [2.24, 2.45) is 0 Å². The van der Waals surface area contributed by atoms with E-state index >= 15 is 0 Å². The van der Waals surface area contributed by atoms with Gasteiger partial charge in [-0.15, -0.1) is 0 Å². The number of hydrogen-bond donors (Lipinski definition) is 1. The molecule has 0 unspecified atom stereocenters. The molecule has 0 bridgehead atoms. The molecule has 2 aromatic heterocycles. The van der Waals surface area contributed by atoms with Gasteiger partial charge in [-0.05, 0) is 45.7 Å². The minimum absolute atomic E-state index is 0.168. The van der Waals surface area contributed by atoms with E-state index in [0.29, 0.717) is 5.82 Å². The summed E-state index contributed by atoms with van der Waals surface area (Å²) in [5, 5.41) is 5.69. The van der Waals surface area contributed by atoms with Crippen LogP contribution in [0.3, 0.4) is 0 Å². The Hall–Kier alpha value is -2.43. The number of rotatable bonds is 2. The molecule has 0 saturated carbocycles. The number of fused-ring (bicyclic) bond motifs is 1. The van der Waals surface area contributed by atoms with Crippen LogP contribution in [0.5, 0.6) is 0 Å². The van der Waals surface area contributed by atoms with Gasteiger partial charge >= 0.3 is 0 Å². The summed E-state index contributed by atoms with van der Waals surface area (Å²) >= 11 is 0. The second-order valence-corrected chi connectivity index (χ2v) is 7.09. The van der Waals surface area contributed by atoms with Crippen LogP contribution >= 0.6 is 0 Å². The van der Waals surface area contributed by atoms with E-state index in [2.05, 4.69) is 62.8 Å². The van der Waals surface area contributed by atoms with Crippen molar-refractivity contribution in [1.29, 1.82) is 0 Å². The van der Waals surface area contributed by atoms with Gasteiger partial charge in [-0.1, -0.05) is 23.8 Å². The molecule has 0 aliphatic rings. The van der Waals surface area contributed by atoms with E-state index in [4.69, 9.17) is 10.8 Å². The smallest absolute Gasteiger partial charge is 0.164 e. The molecule has 23 heavy (non-hydrogen) atoms. The van der Waals surface area contributed by atoms with Crippen LogP contribution < -0.4 is 5.73 Å². The zero-order valence-corrected chi connectivity index (χ0v) is 14.4. The van der Waals surface area contributed by atoms with E-state index in [1.165, 1.54) is 23.0 Å². The maximum absolute atomic E-state index is 6.13. The lowest BCUT2D eigenvalue weighted by Crippen LogP contribution is -2.23. The molecule has 1 aromatic carbocycles. The summed E-state index contributed by atoms with van der Waals surface area (Å²) in [7, 11) is 0. The van der Waals surface area contributed by atoms with Crippen molar-refractivity contribution in [3.05, 3.63) is 46.9 Å². The number of nitrogen functional groups attached to an aromatic ring is 1. The molecule has 2 N–H and O–H groups in total. The fraction of sp³-hybridized carbons (Fsp3) is 0.389. The Kier molecular flexibility index (Phi) is 3.59. The van der Waals surface area contributed by atoms with Crippen LogP contribution in [-0.2, 0) is 12.0 Å². The molecule has 5 heteroatoms. The lowest BCUT2D eigenvalue weighted by Gasteiger charge is -2.19. The van der Waals surface area contributed by atoms with E-state index in [1.807, 2.05) is 4.68 Å². The van der Waals surface area contributed by atoms with E-state index in [1.54, 1.807) is 0 Å². The van der Waals surface area contributed by atoms with Crippen molar-refractivity contribution < 1.29 is 0 Å². The summed E-state index contributed by atoms with van der Waals surface area (Å²) in [4.78, 5) is 8.58. The molecular formula is C18H23N5. The van der Waals surface area contributed by atoms with Crippen molar-refractivity contribution in [3.63, 3.8) is 0 Å². The number of aromatic nitrogens is 4. The SMILES string of the molecule is Cc1ccc(C)c(Cc2nn(C(C)(C)C)c3ncnc(N)c23)c1. The third-order valence-electron chi connectivity index (χ3n) is 4.06. The minimum atomic E-state index is -0.168. The van der Waals surface area contributed by atoms with Crippen LogP contribution in [0.4, 0.5) is 5.82 Å².